The third-order valence-electron chi connectivity index (χ3n) is 7.24. The monoisotopic (exact) mass is 517 g/mol. The van der Waals surface area contributed by atoms with Crippen molar-refractivity contribution < 1.29 is 10.0 Å². The van der Waals surface area contributed by atoms with Crippen molar-refractivity contribution in [1.29, 1.82) is 0 Å². The average molecular weight is 517 g/mol. The molecule has 2 N–H and O–H groups in total. The van der Waals surface area contributed by atoms with Crippen molar-refractivity contribution in [2.45, 2.75) is 0 Å². The van der Waals surface area contributed by atoms with Gasteiger partial charge in [-0.05, 0) is 47.9 Å². The lowest BCUT2D eigenvalue weighted by Gasteiger charge is -2.11. The van der Waals surface area contributed by atoms with E-state index in [0.29, 0.717) is 11.3 Å². The van der Waals surface area contributed by atoms with Gasteiger partial charge < -0.3 is 14.6 Å². The van der Waals surface area contributed by atoms with Gasteiger partial charge in [0.25, 0.3) is 0 Å². The Labute approximate surface area is 231 Å². The molecule has 5 nitrogen and oxygen atoms in total. The minimum atomic E-state index is -1.54. The summed E-state index contributed by atoms with van der Waals surface area (Å²) in [6.45, 7) is 0. The van der Waals surface area contributed by atoms with E-state index >= 15 is 0 Å². The Morgan fingerprint density at radius 1 is 0.500 bits per heavy atom. The molecule has 7 rings (SSSR count). The van der Waals surface area contributed by atoms with Gasteiger partial charge in [-0.25, -0.2) is 9.97 Å². The summed E-state index contributed by atoms with van der Waals surface area (Å²) in [5, 5.41) is 21.8. The number of nitrogens with zero attached hydrogens (tertiary/aromatic N) is 3. The lowest BCUT2D eigenvalue weighted by Crippen LogP contribution is -2.29. The molecular formula is C34H24BN3O2. The first-order valence-electron chi connectivity index (χ1n) is 13.2. The maximum absolute atomic E-state index is 9.82. The minimum absolute atomic E-state index is 0.452. The molecule has 0 atom stereocenters. The first-order valence-corrected chi connectivity index (χ1v) is 13.2. The van der Waals surface area contributed by atoms with E-state index in [1.54, 1.807) is 6.07 Å². The number of para-hydroxylation sites is 1. The fourth-order valence-corrected chi connectivity index (χ4v) is 5.28. The molecule has 0 spiro atoms. The van der Waals surface area contributed by atoms with Crippen LogP contribution in [0.5, 0.6) is 0 Å². The lowest BCUT2D eigenvalue weighted by molar-refractivity contribution is 0.426. The van der Waals surface area contributed by atoms with Gasteiger partial charge in [-0.2, -0.15) is 0 Å². The second kappa shape index (κ2) is 9.93. The van der Waals surface area contributed by atoms with Crippen LogP contribution >= 0.6 is 0 Å². The molecule has 0 radical (unpaired) electrons. The van der Waals surface area contributed by atoms with Crippen molar-refractivity contribution in [3.05, 3.63) is 133 Å². The van der Waals surface area contributed by atoms with Gasteiger partial charge in [-0.15, -0.1) is 0 Å². The molecule has 40 heavy (non-hydrogen) atoms. The Hall–Kier alpha value is -5.04. The maximum Gasteiger partial charge on any atom is 0.488 e. The molecule has 0 aliphatic rings. The van der Waals surface area contributed by atoms with Crippen molar-refractivity contribution in [3.63, 3.8) is 0 Å². The highest BCUT2D eigenvalue weighted by Gasteiger charge is 2.17. The fraction of sp³-hybridized carbons (Fsp3) is 0. The van der Waals surface area contributed by atoms with Crippen LogP contribution in [-0.2, 0) is 0 Å². The molecule has 0 aliphatic carbocycles. The third kappa shape index (κ3) is 4.26. The Balaban J connectivity index is 1.37. The summed E-state index contributed by atoms with van der Waals surface area (Å²) in [5.74, 6) is 0.652. The van der Waals surface area contributed by atoms with Crippen LogP contribution in [0, 0.1) is 0 Å². The summed E-state index contributed by atoms with van der Waals surface area (Å²) < 4.78 is 2.15. The van der Waals surface area contributed by atoms with E-state index in [0.717, 1.165) is 55.6 Å². The molecule has 0 saturated heterocycles. The molecule has 7 aromatic rings. The second-order valence-electron chi connectivity index (χ2n) is 9.74. The van der Waals surface area contributed by atoms with Crippen LogP contribution in [0.2, 0.25) is 0 Å². The molecule has 5 aromatic carbocycles. The zero-order valence-electron chi connectivity index (χ0n) is 21.5. The van der Waals surface area contributed by atoms with Crippen LogP contribution in [0.25, 0.3) is 61.4 Å². The molecule has 0 fully saturated rings. The molecule has 190 valence electrons. The predicted molar refractivity (Wildman–Crippen MR) is 163 cm³/mol. The molecule has 2 aromatic heterocycles. The van der Waals surface area contributed by atoms with Crippen LogP contribution < -0.4 is 5.46 Å². The largest absolute Gasteiger partial charge is 0.488 e. The zero-order valence-corrected chi connectivity index (χ0v) is 21.5. The maximum atomic E-state index is 9.82. The van der Waals surface area contributed by atoms with Crippen molar-refractivity contribution in [1.82, 2.24) is 14.5 Å². The fourth-order valence-electron chi connectivity index (χ4n) is 5.28. The molecule has 2 heterocycles. The Kier molecular flexibility index (Phi) is 5.97. The first kappa shape index (κ1) is 24.0. The zero-order chi connectivity index (χ0) is 27.1. The summed E-state index contributed by atoms with van der Waals surface area (Å²) >= 11 is 0. The molecular weight excluding hydrogens is 493 g/mol. The van der Waals surface area contributed by atoms with Crippen LogP contribution in [0.3, 0.4) is 0 Å². The average Bonchev–Trinajstić information content (AvgIpc) is 3.35. The van der Waals surface area contributed by atoms with Crippen molar-refractivity contribution in [2.75, 3.05) is 0 Å². The highest BCUT2D eigenvalue weighted by molar-refractivity contribution is 6.59. The summed E-state index contributed by atoms with van der Waals surface area (Å²) in [7, 11) is -1.54. The minimum Gasteiger partial charge on any atom is -0.423 e. The highest BCUT2D eigenvalue weighted by Crippen LogP contribution is 2.33. The molecule has 6 heteroatoms. The highest BCUT2D eigenvalue weighted by atomic mass is 16.4. The standard InChI is InChI=1S/C34H24BN3O2/c39-35(40)26-17-20-29-28-13-7-8-14-32(28)38(33(29)21-26)27-18-15-25(16-19-27)34-36-30(23-9-3-1-4-10-23)22-31(37-34)24-11-5-2-6-12-24/h1-22,39-40H. The van der Waals surface area contributed by atoms with Gasteiger partial charge in [0, 0.05) is 33.2 Å². The predicted octanol–water partition coefficient (Wildman–Crippen LogP) is 6.25. The van der Waals surface area contributed by atoms with Crippen LogP contribution in [0.15, 0.2) is 133 Å². The first-order chi connectivity index (χ1) is 19.7. The van der Waals surface area contributed by atoms with Gasteiger partial charge >= 0.3 is 7.12 Å². The van der Waals surface area contributed by atoms with Crippen LogP contribution in [0.1, 0.15) is 0 Å². The molecule has 0 aliphatic heterocycles. The van der Waals surface area contributed by atoms with Gasteiger partial charge in [0.05, 0.1) is 22.4 Å². The van der Waals surface area contributed by atoms with Gasteiger partial charge in [0.1, 0.15) is 0 Å². The number of fused-ring (bicyclic) bond motifs is 3. The summed E-state index contributed by atoms with van der Waals surface area (Å²) in [6.07, 6.45) is 0. The van der Waals surface area contributed by atoms with Crippen LogP contribution in [-0.4, -0.2) is 31.7 Å². The Morgan fingerprint density at radius 2 is 1.07 bits per heavy atom. The normalized spacial score (nSPS) is 11.2. The summed E-state index contributed by atoms with van der Waals surface area (Å²) in [6, 6.07) is 44.3. The van der Waals surface area contributed by atoms with Crippen molar-refractivity contribution >= 4 is 34.4 Å². The van der Waals surface area contributed by atoms with Crippen molar-refractivity contribution in [2.24, 2.45) is 0 Å². The number of benzene rings is 5. The van der Waals surface area contributed by atoms with E-state index in [4.69, 9.17) is 9.97 Å². The van der Waals surface area contributed by atoms with Crippen LogP contribution in [0.4, 0.5) is 0 Å². The lowest BCUT2D eigenvalue weighted by atomic mass is 9.80. The van der Waals surface area contributed by atoms with Gasteiger partial charge in [-0.1, -0.05) is 91.0 Å². The Bertz CT molecular complexity index is 1910. The molecule has 0 bridgehead atoms. The molecule has 0 saturated carbocycles. The molecule has 0 unspecified atom stereocenters. The summed E-state index contributed by atoms with van der Waals surface area (Å²) in [5.41, 5.74) is 8.08. The topological polar surface area (TPSA) is 71.2 Å². The van der Waals surface area contributed by atoms with Crippen molar-refractivity contribution in [3.8, 4) is 39.6 Å². The van der Waals surface area contributed by atoms with E-state index in [9.17, 15) is 10.0 Å². The van der Waals surface area contributed by atoms with E-state index < -0.39 is 7.12 Å². The number of hydrogen-bond acceptors (Lipinski definition) is 4. The third-order valence-corrected chi connectivity index (χ3v) is 7.24. The summed E-state index contributed by atoms with van der Waals surface area (Å²) in [4.78, 5) is 9.90. The second-order valence-corrected chi connectivity index (χ2v) is 9.74. The molecule has 0 amide bonds. The number of aromatic nitrogens is 3. The van der Waals surface area contributed by atoms with E-state index in [1.165, 1.54) is 0 Å². The van der Waals surface area contributed by atoms with Gasteiger partial charge in [0.15, 0.2) is 5.82 Å². The van der Waals surface area contributed by atoms with Gasteiger partial charge in [0.2, 0.25) is 0 Å². The van der Waals surface area contributed by atoms with Gasteiger partial charge in [-0.3, -0.25) is 0 Å². The quantitative estimate of drug-likeness (QED) is 0.265. The SMILES string of the molecule is OB(O)c1ccc2c3ccccc3n(-c3ccc(-c4nc(-c5ccccc5)cc(-c5ccccc5)n4)cc3)c2c1. The van der Waals surface area contributed by atoms with E-state index in [-0.39, 0.29) is 0 Å². The van der Waals surface area contributed by atoms with E-state index in [1.807, 2.05) is 78.9 Å². The smallest absolute Gasteiger partial charge is 0.423 e. The number of hydrogen-bond donors (Lipinski definition) is 2. The Morgan fingerprint density at radius 3 is 1.70 bits per heavy atom. The number of rotatable bonds is 5. The van der Waals surface area contributed by atoms with E-state index in [2.05, 4.69) is 53.1 Å².